The Balaban J connectivity index is 0.00000324. The Morgan fingerprint density at radius 3 is 2.53 bits per heavy atom. The molecule has 34 heavy (non-hydrogen) atoms. The average Bonchev–Trinajstić information content (AvgIpc) is 3.21. The van der Waals surface area contributed by atoms with Crippen LogP contribution in [0.1, 0.15) is 4.88 Å². The summed E-state index contributed by atoms with van der Waals surface area (Å²) in [7, 11) is -3.96. The number of aliphatic carboxylic acids is 1. The highest BCUT2D eigenvalue weighted by atomic mass is 35.5. The second-order valence-electron chi connectivity index (χ2n) is 7.32. The number of thiophene rings is 1. The fourth-order valence-electron chi connectivity index (χ4n) is 3.36. The van der Waals surface area contributed by atoms with Crippen molar-refractivity contribution in [2.24, 2.45) is 0 Å². The number of nitrogens with zero attached hydrogens (tertiary/aromatic N) is 1. The van der Waals surface area contributed by atoms with Crippen LogP contribution in [0.3, 0.4) is 0 Å². The van der Waals surface area contributed by atoms with Crippen LogP contribution < -0.4 is 15.8 Å². The normalized spacial score (nSPS) is 12.2. The molecule has 0 saturated carbocycles. The first-order valence-electron chi connectivity index (χ1n) is 9.86. The van der Waals surface area contributed by atoms with Gasteiger partial charge in [-0.2, -0.15) is 0 Å². The molecule has 4 rings (SSSR count). The molecule has 0 saturated heterocycles. The van der Waals surface area contributed by atoms with Gasteiger partial charge in [-0.1, -0.05) is 30.3 Å². The number of carboxylic acids is 1. The van der Waals surface area contributed by atoms with Crippen molar-refractivity contribution in [2.75, 3.05) is 12.3 Å². The zero-order chi connectivity index (χ0) is 23.6. The molecule has 0 radical (unpaired) electrons. The molecule has 0 aliphatic heterocycles. The van der Waals surface area contributed by atoms with Crippen molar-refractivity contribution in [3.05, 3.63) is 65.7 Å². The number of amides is 1. The van der Waals surface area contributed by atoms with E-state index in [9.17, 15) is 23.1 Å². The van der Waals surface area contributed by atoms with E-state index >= 15 is 0 Å². The van der Waals surface area contributed by atoms with Crippen molar-refractivity contribution in [2.45, 2.75) is 17.4 Å². The number of carbonyl (C=O) groups is 2. The third kappa shape index (κ3) is 5.62. The quantitative estimate of drug-likeness (QED) is 0.278. The minimum atomic E-state index is -3.96. The lowest BCUT2D eigenvalue weighted by atomic mass is 10.1. The third-order valence-corrected chi connectivity index (χ3v) is 7.54. The van der Waals surface area contributed by atoms with Crippen molar-refractivity contribution >= 4 is 72.3 Å². The molecule has 0 fully saturated rings. The van der Waals surface area contributed by atoms with Gasteiger partial charge in [-0.05, 0) is 35.0 Å². The van der Waals surface area contributed by atoms with E-state index < -0.39 is 34.5 Å². The zero-order valence-electron chi connectivity index (χ0n) is 17.6. The monoisotopic (exact) mass is 520 g/mol. The molecule has 2 aromatic carbocycles. The summed E-state index contributed by atoms with van der Waals surface area (Å²) in [5.41, 5.74) is 5.84. The van der Waals surface area contributed by atoms with Gasteiger partial charge in [0.25, 0.3) is 0 Å². The second-order valence-corrected chi connectivity index (χ2v) is 10.3. The number of fused-ring (bicyclic) bond motifs is 2. The first kappa shape index (κ1) is 25.4. The summed E-state index contributed by atoms with van der Waals surface area (Å²) in [5.74, 6) is -1.65. The summed E-state index contributed by atoms with van der Waals surface area (Å²) < 4.78 is 28.3. The van der Waals surface area contributed by atoms with E-state index in [2.05, 4.69) is 15.0 Å². The highest BCUT2D eigenvalue weighted by molar-refractivity contribution is 7.89. The van der Waals surface area contributed by atoms with E-state index in [1.54, 1.807) is 36.5 Å². The summed E-state index contributed by atoms with van der Waals surface area (Å²) in [5, 5.41) is 14.3. The van der Waals surface area contributed by atoms with Gasteiger partial charge in [0.1, 0.15) is 11.9 Å². The number of hydrogen-bond donors (Lipinski definition) is 4. The largest absolute Gasteiger partial charge is 0.480 e. The summed E-state index contributed by atoms with van der Waals surface area (Å²) in [6, 6.07) is 14.2. The highest BCUT2D eigenvalue weighted by Crippen LogP contribution is 2.29. The molecule has 4 aromatic rings. The minimum Gasteiger partial charge on any atom is -0.480 e. The van der Waals surface area contributed by atoms with Crippen LogP contribution in [0.4, 0.5) is 5.82 Å². The number of hydrogen-bond acceptors (Lipinski definition) is 7. The summed E-state index contributed by atoms with van der Waals surface area (Å²) in [6.45, 7) is -0.595. The van der Waals surface area contributed by atoms with E-state index in [0.29, 0.717) is 10.7 Å². The number of nitrogens with two attached hydrogens (primary N) is 1. The Morgan fingerprint density at radius 1 is 1.09 bits per heavy atom. The molecule has 2 aromatic heterocycles. The number of sulfonamides is 1. The molecule has 9 nitrogen and oxygen atoms in total. The Labute approximate surface area is 205 Å². The maximum atomic E-state index is 12.6. The molecular formula is C22H21ClN4O5S2. The lowest BCUT2D eigenvalue weighted by molar-refractivity contribution is -0.141. The predicted octanol–water partition coefficient (Wildman–Crippen LogP) is 2.54. The number of benzene rings is 2. The molecule has 1 atom stereocenters. The SMILES string of the molecule is Cl.Nc1nccc2sc(CC(NC(=O)CNS(=O)(=O)c3ccc4ccccc4c3)C(=O)O)cc12. The van der Waals surface area contributed by atoms with Gasteiger partial charge in [-0.15, -0.1) is 23.7 Å². The first-order valence-corrected chi connectivity index (χ1v) is 12.2. The molecule has 12 heteroatoms. The highest BCUT2D eigenvalue weighted by Gasteiger charge is 2.23. The van der Waals surface area contributed by atoms with Gasteiger partial charge in [-0.25, -0.2) is 22.9 Å². The van der Waals surface area contributed by atoms with Crippen LogP contribution in [0.2, 0.25) is 0 Å². The van der Waals surface area contributed by atoms with Crippen molar-refractivity contribution < 1.29 is 23.1 Å². The van der Waals surface area contributed by atoms with Crippen molar-refractivity contribution in [1.82, 2.24) is 15.0 Å². The fraction of sp³-hybridized carbons (Fsp3) is 0.136. The van der Waals surface area contributed by atoms with Gasteiger partial charge in [0.15, 0.2) is 0 Å². The standard InChI is InChI=1S/C22H20N4O5S2.ClH/c23-21-17-10-15(32-19(17)7-8-24-21)11-18(22(28)29)26-20(27)12-25-33(30,31)16-6-5-13-3-1-2-4-14(13)9-16;/h1-10,18,25H,11-12H2,(H2,23,24)(H,26,27)(H,28,29);1H. The Morgan fingerprint density at radius 2 is 1.82 bits per heavy atom. The van der Waals surface area contributed by atoms with E-state index in [-0.39, 0.29) is 23.7 Å². The van der Waals surface area contributed by atoms with E-state index in [1.165, 1.54) is 23.5 Å². The van der Waals surface area contributed by atoms with E-state index in [4.69, 9.17) is 5.73 Å². The summed E-state index contributed by atoms with van der Waals surface area (Å²) in [6.07, 6.45) is 1.59. The molecule has 0 aliphatic carbocycles. The topological polar surface area (TPSA) is 151 Å². The maximum Gasteiger partial charge on any atom is 0.326 e. The van der Waals surface area contributed by atoms with Gasteiger partial charge in [0, 0.05) is 27.6 Å². The molecule has 5 N–H and O–H groups in total. The third-order valence-electron chi connectivity index (χ3n) is 5.02. The van der Waals surface area contributed by atoms with Gasteiger partial charge in [0.05, 0.1) is 11.4 Å². The van der Waals surface area contributed by atoms with E-state index in [1.807, 2.05) is 12.1 Å². The second kappa shape index (κ2) is 10.3. The summed E-state index contributed by atoms with van der Waals surface area (Å²) >= 11 is 1.35. The number of rotatable bonds is 8. The number of nitrogens with one attached hydrogen (secondary N) is 2. The molecular weight excluding hydrogens is 500 g/mol. The van der Waals surface area contributed by atoms with Crippen molar-refractivity contribution in [1.29, 1.82) is 0 Å². The minimum absolute atomic E-state index is 0. The number of anilines is 1. The number of carbonyl (C=O) groups excluding carboxylic acids is 1. The Hall–Kier alpha value is -3.25. The number of halogens is 1. The molecule has 0 bridgehead atoms. The number of carboxylic acid groups (broad SMARTS) is 1. The van der Waals surface area contributed by atoms with Crippen LogP contribution in [-0.2, 0) is 26.0 Å². The Bertz CT molecular complexity index is 1470. The van der Waals surface area contributed by atoms with Crippen molar-refractivity contribution in [3.8, 4) is 0 Å². The zero-order valence-corrected chi connectivity index (χ0v) is 20.0. The average molecular weight is 521 g/mol. The van der Waals surface area contributed by atoms with Crippen molar-refractivity contribution in [3.63, 3.8) is 0 Å². The van der Waals surface area contributed by atoms with Crippen LogP contribution >= 0.6 is 23.7 Å². The molecule has 0 spiro atoms. The lowest BCUT2D eigenvalue weighted by Gasteiger charge is -2.14. The maximum absolute atomic E-state index is 12.6. The summed E-state index contributed by atoms with van der Waals surface area (Å²) in [4.78, 5) is 28.7. The molecule has 0 aliphatic rings. The van der Waals surface area contributed by atoms with Crippen LogP contribution in [0.15, 0.2) is 65.7 Å². The van der Waals surface area contributed by atoms with E-state index in [0.717, 1.165) is 20.9 Å². The lowest BCUT2D eigenvalue weighted by Crippen LogP contribution is -2.46. The van der Waals surface area contributed by atoms with Gasteiger partial charge >= 0.3 is 5.97 Å². The Kier molecular flexibility index (Phi) is 7.72. The molecule has 178 valence electrons. The van der Waals surface area contributed by atoms with Crippen LogP contribution in [-0.4, -0.2) is 43.0 Å². The number of pyridine rings is 1. The fourth-order valence-corrected chi connectivity index (χ4v) is 5.49. The number of nitrogen functional groups attached to an aromatic ring is 1. The van der Waals surface area contributed by atoms with Crippen LogP contribution in [0.25, 0.3) is 20.9 Å². The molecule has 1 amide bonds. The van der Waals surface area contributed by atoms with Crippen LogP contribution in [0, 0.1) is 0 Å². The van der Waals surface area contributed by atoms with Gasteiger partial charge in [-0.3, -0.25) is 4.79 Å². The molecule has 2 heterocycles. The number of aromatic nitrogens is 1. The first-order chi connectivity index (χ1) is 15.7. The predicted molar refractivity (Wildman–Crippen MR) is 134 cm³/mol. The smallest absolute Gasteiger partial charge is 0.326 e. The van der Waals surface area contributed by atoms with Gasteiger partial charge in [0.2, 0.25) is 15.9 Å². The van der Waals surface area contributed by atoms with Crippen LogP contribution in [0.5, 0.6) is 0 Å². The van der Waals surface area contributed by atoms with Gasteiger partial charge < -0.3 is 16.2 Å². The molecule has 1 unspecified atom stereocenters.